The molecule has 126 valence electrons. The van der Waals surface area contributed by atoms with Gasteiger partial charge < -0.3 is 10.1 Å². The maximum Gasteiger partial charge on any atom is 0.226 e. The van der Waals surface area contributed by atoms with Gasteiger partial charge in [-0.1, -0.05) is 12.2 Å². The number of nitrogens with one attached hydrogen (secondary N) is 1. The standard InChI is InChI=1S/C18H20N2O2S2/c1-10-11(2)24-18(19-10)15(7-12-5-6-23-9-12)20-17(21)14-8-13-3-4-16(14)22-13/h3-6,9,13-16H,7-8H2,1-2H3,(H,20,21)/t13-,14+,15-,16-/m1/s1. The molecule has 4 nitrogen and oxygen atoms in total. The third-order valence-corrected chi connectivity index (χ3v) is 6.67. The van der Waals surface area contributed by atoms with E-state index in [1.54, 1.807) is 22.7 Å². The van der Waals surface area contributed by atoms with E-state index in [1.807, 2.05) is 13.0 Å². The fraction of sp³-hybridized carbons (Fsp3) is 0.444. The average molecular weight is 361 g/mol. The van der Waals surface area contributed by atoms with Gasteiger partial charge in [0.05, 0.1) is 29.9 Å². The SMILES string of the molecule is Cc1nc([C@@H](Cc2ccsc2)NC(=O)[C@H]2C[C@H]3C=C[C@H]2O3)sc1C. The van der Waals surface area contributed by atoms with Crippen molar-refractivity contribution in [3.63, 3.8) is 0 Å². The Morgan fingerprint density at radius 2 is 2.33 bits per heavy atom. The number of ether oxygens (including phenoxy) is 1. The van der Waals surface area contributed by atoms with Gasteiger partial charge in [-0.15, -0.1) is 11.3 Å². The minimum atomic E-state index is -0.0767. The monoisotopic (exact) mass is 360 g/mol. The summed E-state index contributed by atoms with van der Waals surface area (Å²) in [6.07, 6.45) is 5.70. The van der Waals surface area contributed by atoms with Crippen molar-refractivity contribution >= 4 is 28.6 Å². The van der Waals surface area contributed by atoms with Crippen molar-refractivity contribution in [1.29, 1.82) is 0 Å². The molecular weight excluding hydrogens is 340 g/mol. The summed E-state index contributed by atoms with van der Waals surface area (Å²) in [5, 5.41) is 8.43. The predicted molar refractivity (Wildman–Crippen MR) is 96.4 cm³/mol. The molecule has 1 amide bonds. The van der Waals surface area contributed by atoms with Crippen molar-refractivity contribution in [3.8, 4) is 0 Å². The van der Waals surface area contributed by atoms with Gasteiger partial charge in [0.1, 0.15) is 5.01 Å². The number of thiazole rings is 1. The Morgan fingerprint density at radius 1 is 1.46 bits per heavy atom. The zero-order chi connectivity index (χ0) is 16.7. The number of rotatable bonds is 5. The highest BCUT2D eigenvalue weighted by molar-refractivity contribution is 7.11. The molecule has 4 rings (SSSR count). The highest BCUT2D eigenvalue weighted by Crippen LogP contribution is 2.35. The Balaban J connectivity index is 1.53. The average Bonchev–Trinajstić information content (AvgIpc) is 3.33. The molecule has 0 aromatic carbocycles. The van der Waals surface area contributed by atoms with Crippen molar-refractivity contribution in [3.05, 3.63) is 50.1 Å². The predicted octanol–water partition coefficient (Wildman–Crippen LogP) is 3.56. The topological polar surface area (TPSA) is 51.2 Å². The number of carbonyl (C=O) groups excluding carboxylic acids is 1. The molecule has 2 aromatic rings. The molecule has 2 bridgehead atoms. The number of carbonyl (C=O) groups is 1. The molecule has 0 unspecified atom stereocenters. The van der Waals surface area contributed by atoms with Crippen molar-refractivity contribution in [2.24, 2.45) is 5.92 Å². The number of thiophene rings is 1. The molecule has 1 N–H and O–H groups in total. The van der Waals surface area contributed by atoms with Crippen LogP contribution >= 0.6 is 22.7 Å². The zero-order valence-electron chi connectivity index (χ0n) is 13.7. The summed E-state index contributed by atoms with van der Waals surface area (Å²) in [6.45, 7) is 4.10. The van der Waals surface area contributed by atoms with Crippen LogP contribution in [0.3, 0.4) is 0 Å². The Bertz CT molecular complexity index is 747. The molecule has 0 spiro atoms. The van der Waals surface area contributed by atoms with Gasteiger partial charge in [-0.25, -0.2) is 4.98 Å². The smallest absolute Gasteiger partial charge is 0.226 e. The lowest BCUT2D eigenvalue weighted by Crippen LogP contribution is -2.38. The van der Waals surface area contributed by atoms with Crippen molar-refractivity contribution in [2.75, 3.05) is 0 Å². The molecule has 2 aliphatic heterocycles. The maximum atomic E-state index is 12.8. The molecule has 1 fully saturated rings. The Kier molecular flexibility index (Phi) is 4.28. The lowest BCUT2D eigenvalue weighted by Gasteiger charge is -2.21. The maximum absolute atomic E-state index is 12.8. The van der Waals surface area contributed by atoms with E-state index in [4.69, 9.17) is 4.74 Å². The molecule has 4 heterocycles. The third kappa shape index (κ3) is 3.06. The third-order valence-electron chi connectivity index (χ3n) is 4.75. The first-order valence-corrected chi connectivity index (χ1v) is 9.95. The summed E-state index contributed by atoms with van der Waals surface area (Å²) in [7, 11) is 0. The Labute approximate surface area is 149 Å². The van der Waals surface area contributed by atoms with Crippen LogP contribution in [0.25, 0.3) is 0 Å². The number of hydrogen-bond acceptors (Lipinski definition) is 5. The summed E-state index contributed by atoms with van der Waals surface area (Å²) < 4.78 is 5.74. The number of aryl methyl sites for hydroxylation is 2. The molecule has 0 radical (unpaired) electrons. The summed E-state index contributed by atoms with van der Waals surface area (Å²) in [6, 6.07) is 2.04. The van der Waals surface area contributed by atoms with Crippen LogP contribution in [0.5, 0.6) is 0 Å². The largest absolute Gasteiger partial charge is 0.366 e. The zero-order valence-corrected chi connectivity index (χ0v) is 15.3. The molecule has 1 saturated heterocycles. The van der Waals surface area contributed by atoms with Crippen LogP contribution in [0.15, 0.2) is 29.0 Å². The van der Waals surface area contributed by atoms with E-state index >= 15 is 0 Å². The molecule has 2 aromatic heterocycles. The number of hydrogen-bond donors (Lipinski definition) is 1. The van der Waals surface area contributed by atoms with Crippen LogP contribution in [-0.4, -0.2) is 23.1 Å². The van der Waals surface area contributed by atoms with Crippen molar-refractivity contribution in [1.82, 2.24) is 10.3 Å². The molecule has 2 aliphatic rings. The summed E-state index contributed by atoms with van der Waals surface area (Å²) >= 11 is 3.36. The van der Waals surface area contributed by atoms with Gasteiger partial charge >= 0.3 is 0 Å². The van der Waals surface area contributed by atoms with Crippen LogP contribution in [0.1, 0.15) is 33.6 Å². The molecule has 0 saturated carbocycles. The van der Waals surface area contributed by atoms with E-state index in [9.17, 15) is 4.79 Å². The fourth-order valence-electron chi connectivity index (χ4n) is 3.30. The second kappa shape index (κ2) is 6.43. The van der Waals surface area contributed by atoms with Crippen LogP contribution in [-0.2, 0) is 16.0 Å². The van der Waals surface area contributed by atoms with E-state index in [-0.39, 0.29) is 30.1 Å². The normalized spacial score (nSPS) is 26.0. The molecule has 4 atom stereocenters. The second-order valence-electron chi connectivity index (χ2n) is 6.46. The Hall–Kier alpha value is -1.50. The molecule has 6 heteroatoms. The summed E-state index contributed by atoms with van der Waals surface area (Å²) in [5.41, 5.74) is 2.28. The van der Waals surface area contributed by atoms with Crippen molar-refractivity contribution in [2.45, 2.75) is 44.9 Å². The molecular formula is C18H20N2O2S2. The van der Waals surface area contributed by atoms with Gasteiger partial charge in [0.15, 0.2) is 0 Å². The van der Waals surface area contributed by atoms with Crippen LogP contribution in [0, 0.1) is 19.8 Å². The summed E-state index contributed by atoms with van der Waals surface area (Å²) in [4.78, 5) is 18.7. The van der Waals surface area contributed by atoms with E-state index in [2.05, 4.69) is 40.1 Å². The van der Waals surface area contributed by atoms with Crippen LogP contribution < -0.4 is 5.32 Å². The lowest BCUT2D eigenvalue weighted by atomic mass is 9.93. The number of fused-ring (bicyclic) bond motifs is 2. The Morgan fingerprint density at radius 3 is 2.92 bits per heavy atom. The molecule has 24 heavy (non-hydrogen) atoms. The lowest BCUT2D eigenvalue weighted by molar-refractivity contribution is -0.126. The molecule has 0 aliphatic carbocycles. The highest BCUT2D eigenvalue weighted by Gasteiger charge is 2.41. The van der Waals surface area contributed by atoms with Gasteiger partial charge in [0.2, 0.25) is 5.91 Å². The van der Waals surface area contributed by atoms with Crippen molar-refractivity contribution < 1.29 is 9.53 Å². The minimum Gasteiger partial charge on any atom is -0.366 e. The van der Waals surface area contributed by atoms with Gasteiger partial charge in [-0.05, 0) is 42.7 Å². The first kappa shape index (κ1) is 16.0. The van der Waals surface area contributed by atoms with Gasteiger partial charge in [0, 0.05) is 11.3 Å². The highest BCUT2D eigenvalue weighted by atomic mass is 32.1. The number of amides is 1. The first-order valence-electron chi connectivity index (χ1n) is 8.19. The quantitative estimate of drug-likeness (QED) is 0.830. The number of nitrogens with zero attached hydrogens (tertiary/aromatic N) is 1. The minimum absolute atomic E-state index is 0.0587. The van der Waals surface area contributed by atoms with Gasteiger partial charge in [0.25, 0.3) is 0 Å². The van der Waals surface area contributed by atoms with Gasteiger partial charge in [-0.3, -0.25) is 4.79 Å². The van der Waals surface area contributed by atoms with Crippen LogP contribution in [0.2, 0.25) is 0 Å². The summed E-state index contributed by atoms with van der Waals surface area (Å²) in [5.74, 6) is 0.00437. The fourth-order valence-corrected chi connectivity index (χ4v) is 4.96. The second-order valence-corrected chi connectivity index (χ2v) is 8.47. The number of aromatic nitrogens is 1. The van der Waals surface area contributed by atoms with E-state index in [0.29, 0.717) is 0 Å². The van der Waals surface area contributed by atoms with E-state index < -0.39 is 0 Å². The van der Waals surface area contributed by atoms with E-state index in [1.165, 1.54) is 10.4 Å². The van der Waals surface area contributed by atoms with Crippen LogP contribution in [0.4, 0.5) is 0 Å². The van der Waals surface area contributed by atoms with E-state index in [0.717, 1.165) is 23.5 Å². The van der Waals surface area contributed by atoms with Gasteiger partial charge in [-0.2, -0.15) is 11.3 Å². The first-order chi connectivity index (χ1) is 11.6.